The summed E-state index contributed by atoms with van der Waals surface area (Å²) in [5, 5.41) is 2.34. The maximum absolute atomic E-state index is 12.9. The number of nitrogens with zero attached hydrogens (tertiary/aromatic N) is 1. The molecule has 0 amide bonds. The molecule has 2 nitrogen and oxygen atoms in total. The molecule has 0 radical (unpaired) electrons. The SMILES string of the molecule is FC(F)(F)c1cccc(-c2ccc([C@H]3C[C@@H]3NN3CCCCC3)cc2)c1. The van der Waals surface area contributed by atoms with Gasteiger partial charge in [-0.1, -0.05) is 42.8 Å². The van der Waals surface area contributed by atoms with Gasteiger partial charge in [0.15, 0.2) is 0 Å². The number of hydrogen-bond donors (Lipinski definition) is 1. The van der Waals surface area contributed by atoms with Crippen molar-refractivity contribution in [3.8, 4) is 11.1 Å². The number of piperidine rings is 1. The van der Waals surface area contributed by atoms with Crippen molar-refractivity contribution in [1.82, 2.24) is 10.4 Å². The van der Waals surface area contributed by atoms with Crippen molar-refractivity contribution in [1.29, 1.82) is 0 Å². The standard InChI is InChI=1S/C21H23F3N2/c22-21(23,24)18-6-4-5-17(13-18)15-7-9-16(10-8-15)19-14-20(19)25-26-11-2-1-3-12-26/h4-10,13,19-20,25H,1-3,11-12,14H2/t19-,20+/m1/s1. The molecule has 2 aromatic rings. The second kappa shape index (κ2) is 7.05. The molecule has 4 rings (SSSR count). The molecule has 0 unspecified atom stereocenters. The zero-order valence-corrected chi connectivity index (χ0v) is 14.6. The summed E-state index contributed by atoms with van der Waals surface area (Å²) in [6, 6.07) is 14.0. The topological polar surface area (TPSA) is 15.3 Å². The van der Waals surface area contributed by atoms with Crippen LogP contribution in [0, 0.1) is 0 Å². The van der Waals surface area contributed by atoms with Gasteiger partial charge in [-0.3, -0.25) is 5.43 Å². The molecule has 1 saturated carbocycles. The second-order valence-corrected chi connectivity index (χ2v) is 7.33. The van der Waals surface area contributed by atoms with Crippen LogP contribution in [0.2, 0.25) is 0 Å². The van der Waals surface area contributed by atoms with Crippen molar-refractivity contribution in [3.05, 3.63) is 59.7 Å². The van der Waals surface area contributed by atoms with E-state index in [-0.39, 0.29) is 0 Å². The Morgan fingerprint density at radius 2 is 1.62 bits per heavy atom. The Bertz CT molecular complexity index is 749. The Morgan fingerprint density at radius 1 is 0.885 bits per heavy atom. The van der Waals surface area contributed by atoms with E-state index in [9.17, 15) is 13.2 Å². The fraction of sp³-hybridized carbons (Fsp3) is 0.429. The van der Waals surface area contributed by atoms with Gasteiger partial charge >= 0.3 is 6.18 Å². The Hall–Kier alpha value is -1.85. The molecule has 26 heavy (non-hydrogen) atoms. The molecule has 2 aromatic carbocycles. The predicted molar refractivity (Wildman–Crippen MR) is 96.6 cm³/mol. The molecule has 1 heterocycles. The molecule has 1 aliphatic carbocycles. The molecule has 2 atom stereocenters. The monoisotopic (exact) mass is 360 g/mol. The van der Waals surface area contributed by atoms with Crippen LogP contribution < -0.4 is 5.43 Å². The fourth-order valence-corrected chi connectivity index (χ4v) is 3.76. The molecule has 1 N–H and O–H groups in total. The van der Waals surface area contributed by atoms with Crippen molar-refractivity contribution >= 4 is 0 Å². The van der Waals surface area contributed by atoms with Gasteiger partial charge in [0, 0.05) is 25.0 Å². The summed E-state index contributed by atoms with van der Waals surface area (Å²) in [7, 11) is 0. The van der Waals surface area contributed by atoms with Gasteiger partial charge < -0.3 is 0 Å². The molecule has 1 saturated heterocycles. The summed E-state index contributed by atoms with van der Waals surface area (Å²) >= 11 is 0. The van der Waals surface area contributed by atoms with E-state index in [0.717, 1.165) is 31.1 Å². The van der Waals surface area contributed by atoms with E-state index in [2.05, 4.69) is 22.6 Å². The minimum atomic E-state index is -4.31. The highest BCUT2D eigenvalue weighted by Gasteiger charge is 2.39. The van der Waals surface area contributed by atoms with Gasteiger partial charge in [0.1, 0.15) is 0 Å². The average molecular weight is 360 g/mol. The largest absolute Gasteiger partial charge is 0.416 e. The van der Waals surface area contributed by atoms with E-state index >= 15 is 0 Å². The summed E-state index contributed by atoms with van der Waals surface area (Å²) in [5.41, 5.74) is 5.70. The van der Waals surface area contributed by atoms with Crippen LogP contribution in [0.15, 0.2) is 48.5 Å². The first kappa shape index (κ1) is 17.6. The highest BCUT2D eigenvalue weighted by Crippen LogP contribution is 2.42. The highest BCUT2D eigenvalue weighted by atomic mass is 19.4. The van der Waals surface area contributed by atoms with E-state index in [1.54, 1.807) is 6.07 Å². The first-order valence-electron chi connectivity index (χ1n) is 9.29. The third-order valence-electron chi connectivity index (χ3n) is 5.36. The quantitative estimate of drug-likeness (QED) is 0.804. The minimum absolute atomic E-state index is 0.493. The number of hydrazine groups is 1. The van der Waals surface area contributed by atoms with Gasteiger partial charge in [-0.25, -0.2) is 5.01 Å². The lowest BCUT2D eigenvalue weighted by molar-refractivity contribution is -0.137. The Kier molecular flexibility index (Phi) is 4.76. The van der Waals surface area contributed by atoms with Crippen molar-refractivity contribution in [2.24, 2.45) is 0 Å². The number of hydrogen-bond acceptors (Lipinski definition) is 2. The molecule has 0 bridgehead atoms. The van der Waals surface area contributed by atoms with Gasteiger partial charge in [-0.05, 0) is 48.1 Å². The van der Waals surface area contributed by atoms with Gasteiger partial charge in [0.2, 0.25) is 0 Å². The van der Waals surface area contributed by atoms with E-state index in [1.807, 2.05) is 12.1 Å². The molecule has 0 spiro atoms. The lowest BCUT2D eigenvalue weighted by Gasteiger charge is -2.27. The van der Waals surface area contributed by atoms with Crippen LogP contribution in [0.3, 0.4) is 0 Å². The molecular weight excluding hydrogens is 337 g/mol. The number of rotatable bonds is 4. The van der Waals surface area contributed by atoms with Crippen molar-refractivity contribution in [2.45, 2.75) is 43.8 Å². The average Bonchev–Trinajstić information content (AvgIpc) is 3.41. The summed E-state index contributed by atoms with van der Waals surface area (Å²) in [5.74, 6) is 0.507. The van der Waals surface area contributed by atoms with Crippen molar-refractivity contribution in [3.63, 3.8) is 0 Å². The van der Waals surface area contributed by atoms with Gasteiger partial charge in [0.05, 0.1) is 5.56 Å². The van der Waals surface area contributed by atoms with E-state index in [1.165, 1.54) is 37.0 Å². The summed E-state index contributed by atoms with van der Waals surface area (Å²) in [4.78, 5) is 0. The number of alkyl halides is 3. The van der Waals surface area contributed by atoms with Crippen LogP contribution in [-0.4, -0.2) is 24.1 Å². The first-order chi connectivity index (χ1) is 12.5. The molecule has 2 aliphatic rings. The lowest BCUT2D eigenvalue weighted by Crippen LogP contribution is -2.43. The number of nitrogens with one attached hydrogen (secondary N) is 1. The molecule has 1 aliphatic heterocycles. The normalized spacial score (nSPS) is 23.8. The number of benzene rings is 2. The van der Waals surface area contributed by atoms with Gasteiger partial charge in [-0.15, -0.1) is 0 Å². The third kappa shape index (κ3) is 3.94. The maximum atomic E-state index is 12.9. The molecule has 5 heteroatoms. The second-order valence-electron chi connectivity index (χ2n) is 7.33. The van der Waals surface area contributed by atoms with Crippen LogP contribution in [0.1, 0.15) is 42.7 Å². The summed E-state index contributed by atoms with van der Waals surface area (Å²) in [6.45, 7) is 2.25. The maximum Gasteiger partial charge on any atom is 0.416 e. The van der Waals surface area contributed by atoms with E-state index in [4.69, 9.17) is 0 Å². The summed E-state index contributed by atoms with van der Waals surface area (Å²) < 4.78 is 38.7. The van der Waals surface area contributed by atoms with Crippen LogP contribution in [0.4, 0.5) is 13.2 Å². The van der Waals surface area contributed by atoms with Crippen LogP contribution in [0.5, 0.6) is 0 Å². The minimum Gasteiger partial charge on any atom is -0.251 e. The highest BCUT2D eigenvalue weighted by molar-refractivity contribution is 5.65. The van der Waals surface area contributed by atoms with E-state index < -0.39 is 11.7 Å². The van der Waals surface area contributed by atoms with Gasteiger partial charge in [0.25, 0.3) is 0 Å². The fourth-order valence-electron chi connectivity index (χ4n) is 3.76. The molecule has 0 aromatic heterocycles. The third-order valence-corrected chi connectivity index (χ3v) is 5.36. The van der Waals surface area contributed by atoms with Crippen LogP contribution in [0.25, 0.3) is 11.1 Å². The van der Waals surface area contributed by atoms with Gasteiger partial charge in [-0.2, -0.15) is 13.2 Å². The lowest BCUT2D eigenvalue weighted by atomic mass is 10.0. The Morgan fingerprint density at radius 3 is 2.31 bits per heavy atom. The van der Waals surface area contributed by atoms with Crippen LogP contribution in [-0.2, 0) is 6.18 Å². The summed E-state index contributed by atoms with van der Waals surface area (Å²) in [6.07, 6.45) is 0.659. The predicted octanol–water partition coefficient (Wildman–Crippen LogP) is 5.22. The van der Waals surface area contributed by atoms with E-state index in [0.29, 0.717) is 17.5 Å². The Balaban J connectivity index is 1.41. The first-order valence-corrected chi connectivity index (χ1v) is 9.29. The Labute approximate surface area is 152 Å². The molecular formula is C21H23F3N2. The zero-order chi connectivity index (χ0) is 18.1. The van der Waals surface area contributed by atoms with Crippen LogP contribution >= 0.6 is 0 Å². The molecule has 2 fully saturated rings. The molecule has 138 valence electrons. The van der Waals surface area contributed by atoms with Crippen molar-refractivity contribution in [2.75, 3.05) is 13.1 Å². The van der Waals surface area contributed by atoms with Crippen molar-refractivity contribution < 1.29 is 13.2 Å². The number of halogens is 3. The zero-order valence-electron chi connectivity index (χ0n) is 14.6. The smallest absolute Gasteiger partial charge is 0.251 e.